The van der Waals surface area contributed by atoms with E-state index in [1.54, 1.807) is 0 Å². The molecular weight excluding hydrogens is 264 g/mol. The second kappa shape index (κ2) is 5.98. The van der Waals surface area contributed by atoms with Crippen molar-refractivity contribution in [2.75, 3.05) is 13.1 Å². The van der Waals surface area contributed by atoms with E-state index in [1.807, 2.05) is 0 Å². The number of hydrogen-bond donors (Lipinski definition) is 2. The van der Waals surface area contributed by atoms with E-state index in [4.69, 9.17) is 0 Å². The molecule has 4 aliphatic carbocycles. The average Bonchev–Trinajstić information content (AvgIpc) is 2.36. The highest BCUT2D eigenvalue weighted by Gasteiger charge is 2.50. The van der Waals surface area contributed by atoms with Crippen molar-refractivity contribution in [2.24, 2.45) is 23.2 Å². The van der Waals surface area contributed by atoms with Crippen LogP contribution in [0.5, 0.6) is 0 Å². The van der Waals surface area contributed by atoms with Gasteiger partial charge >= 0.3 is 0 Å². The maximum absolute atomic E-state index is 11.7. The van der Waals surface area contributed by atoms with E-state index in [2.05, 4.69) is 10.6 Å². The molecule has 4 heteroatoms. The van der Waals surface area contributed by atoms with Crippen LogP contribution in [-0.4, -0.2) is 24.9 Å². The van der Waals surface area contributed by atoms with Crippen molar-refractivity contribution >= 4 is 11.8 Å². The predicted molar refractivity (Wildman–Crippen MR) is 81.5 cm³/mol. The highest BCUT2D eigenvalue weighted by molar-refractivity contribution is 5.77. The molecule has 0 spiro atoms. The molecule has 118 valence electrons. The molecule has 2 amide bonds. The van der Waals surface area contributed by atoms with Crippen molar-refractivity contribution in [3.05, 3.63) is 0 Å². The summed E-state index contributed by atoms with van der Waals surface area (Å²) in [5, 5.41) is 5.70. The Bertz CT molecular complexity index is 384. The molecule has 0 aromatic carbocycles. The molecule has 0 saturated heterocycles. The molecule has 0 aromatic heterocycles. The number of hydrogen-bond acceptors (Lipinski definition) is 2. The van der Waals surface area contributed by atoms with Gasteiger partial charge in [0.05, 0.1) is 0 Å². The lowest BCUT2D eigenvalue weighted by Gasteiger charge is -2.57. The highest BCUT2D eigenvalue weighted by Crippen LogP contribution is 2.61. The summed E-state index contributed by atoms with van der Waals surface area (Å²) in [4.78, 5) is 22.5. The van der Waals surface area contributed by atoms with Gasteiger partial charge in [-0.25, -0.2) is 0 Å². The molecule has 4 nitrogen and oxygen atoms in total. The summed E-state index contributed by atoms with van der Waals surface area (Å²) >= 11 is 0. The largest absolute Gasteiger partial charge is 0.356 e. The smallest absolute Gasteiger partial charge is 0.221 e. The minimum atomic E-state index is -0.0728. The highest BCUT2D eigenvalue weighted by atomic mass is 16.2. The van der Waals surface area contributed by atoms with Crippen LogP contribution in [-0.2, 0) is 9.59 Å². The normalized spacial score (nSPS) is 36.5. The minimum Gasteiger partial charge on any atom is -0.356 e. The first kappa shape index (κ1) is 14.9. The zero-order chi connectivity index (χ0) is 14.9. The summed E-state index contributed by atoms with van der Waals surface area (Å²) < 4.78 is 0. The first-order valence-corrected chi connectivity index (χ1v) is 8.56. The third-order valence-electron chi connectivity index (χ3n) is 5.87. The Kier molecular flexibility index (Phi) is 4.23. The first-order chi connectivity index (χ1) is 10.0. The molecule has 4 aliphatic rings. The summed E-state index contributed by atoms with van der Waals surface area (Å²) in [5.74, 6) is 2.93. The zero-order valence-corrected chi connectivity index (χ0v) is 13.1. The van der Waals surface area contributed by atoms with Crippen molar-refractivity contribution in [3.63, 3.8) is 0 Å². The number of nitrogens with one attached hydrogen (secondary N) is 2. The van der Waals surface area contributed by atoms with E-state index in [9.17, 15) is 9.59 Å². The van der Waals surface area contributed by atoms with Crippen molar-refractivity contribution in [3.8, 4) is 0 Å². The maximum Gasteiger partial charge on any atom is 0.221 e. The first-order valence-electron chi connectivity index (χ1n) is 8.56. The standard InChI is InChI=1S/C17H28N2O2/c1-12(20)18-4-2-16(21)19-5-3-17-9-13-6-14(10-17)8-15(7-13)11-17/h13-15H,2-11H2,1H3,(H,18,20)(H,19,21). The molecule has 4 saturated carbocycles. The summed E-state index contributed by atoms with van der Waals surface area (Å²) in [6.07, 6.45) is 10.2. The lowest BCUT2D eigenvalue weighted by Crippen LogP contribution is -2.47. The Hall–Kier alpha value is -1.06. The molecular formula is C17H28N2O2. The topological polar surface area (TPSA) is 58.2 Å². The number of amides is 2. The van der Waals surface area contributed by atoms with E-state index < -0.39 is 0 Å². The van der Waals surface area contributed by atoms with E-state index in [1.165, 1.54) is 45.4 Å². The second-order valence-electron chi connectivity index (χ2n) is 7.75. The van der Waals surface area contributed by atoms with Crippen LogP contribution in [0.3, 0.4) is 0 Å². The average molecular weight is 292 g/mol. The summed E-state index contributed by atoms with van der Waals surface area (Å²) in [6, 6.07) is 0. The summed E-state index contributed by atoms with van der Waals surface area (Å²) in [7, 11) is 0. The fraction of sp³-hybridized carbons (Fsp3) is 0.882. The molecule has 0 heterocycles. The van der Waals surface area contributed by atoms with Crippen LogP contribution in [0.25, 0.3) is 0 Å². The lowest BCUT2D eigenvalue weighted by atomic mass is 9.49. The Labute approximate surface area is 127 Å². The summed E-state index contributed by atoms with van der Waals surface area (Å²) in [6.45, 7) is 2.73. The quantitative estimate of drug-likeness (QED) is 0.789. The molecule has 0 aliphatic heterocycles. The van der Waals surface area contributed by atoms with Crippen molar-refractivity contribution in [2.45, 2.75) is 58.3 Å². The van der Waals surface area contributed by atoms with Gasteiger partial charge in [-0.05, 0) is 68.1 Å². The number of rotatable bonds is 6. The molecule has 4 bridgehead atoms. The fourth-order valence-corrected chi connectivity index (χ4v) is 5.50. The second-order valence-corrected chi connectivity index (χ2v) is 7.75. The minimum absolute atomic E-state index is 0.0634. The molecule has 0 aromatic rings. The van der Waals surface area contributed by atoms with Gasteiger partial charge in [0.25, 0.3) is 0 Å². The van der Waals surface area contributed by atoms with Gasteiger partial charge in [-0.3, -0.25) is 9.59 Å². The van der Waals surface area contributed by atoms with Gasteiger partial charge in [-0.15, -0.1) is 0 Å². The fourth-order valence-electron chi connectivity index (χ4n) is 5.50. The van der Waals surface area contributed by atoms with Crippen molar-refractivity contribution in [1.29, 1.82) is 0 Å². The Morgan fingerprint density at radius 1 is 0.952 bits per heavy atom. The Morgan fingerprint density at radius 2 is 1.52 bits per heavy atom. The van der Waals surface area contributed by atoms with Crippen LogP contribution >= 0.6 is 0 Å². The van der Waals surface area contributed by atoms with Crippen molar-refractivity contribution in [1.82, 2.24) is 10.6 Å². The van der Waals surface area contributed by atoms with Gasteiger partial charge < -0.3 is 10.6 Å². The Balaban J connectivity index is 1.39. The van der Waals surface area contributed by atoms with E-state index in [0.29, 0.717) is 18.4 Å². The zero-order valence-electron chi connectivity index (χ0n) is 13.1. The van der Waals surface area contributed by atoms with Gasteiger partial charge in [0.15, 0.2) is 0 Å². The molecule has 21 heavy (non-hydrogen) atoms. The molecule has 0 atom stereocenters. The SMILES string of the molecule is CC(=O)NCCC(=O)NCCC12CC3CC(CC(C3)C1)C2. The van der Waals surface area contributed by atoms with E-state index >= 15 is 0 Å². The van der Waals surface area contributed by atoms with Crippen LogP contribution in [0, 0.1) is 23.2 Å². The van der Waals surface area contributed by atoms with Gasteiger partial charge in [0, 0.05) is 26.4 Å². The van der Waals surface area contributed by atoms with Crippen LogP contribution in [0.15, 0.2) is 0 Å². The maximum atomic E-state index is 11.7. The van der Waals surface area contributed by atoms with Gasteiger partial charge in [-0.2, -0.15) is 0 Å². The monoisotopic (exact) mass is 292 g/mol. The Morgan fingerprint density at radius 3 is 2.05 bits per heavy atom. The third-order valence-corrected chi connectivity index (χ3v) is 5.87. The lowest BCUT2D eigenvalue weighted by molar-refractivity contribution is -0.121. The van der Waals surface area contributed by atoms with Crippen molar-refractivity contribution < 1.29 is 9.59 Å². The molecule has 0 radical (unpaired) electrons. The molecule has 4 fully saturated rings. The van der Waals surface area contributed by atoms with Crippen LogP contribution in [0.1, 0.15) is 58.3 Å². The van der Waals surface area contributed by atoms with Crippen LogP contribution < -0.4 is 10.6 Å². The van der Waals surface area contributed by atoms with E-state index in [-0.39, 0.29) is 11.8 Å². The molecule has 0 unspecified atom stereocenters. The molecule has 2 N–H and O–H groups in total. The van der Waals surface area contributed by atoms with Gasteiger partial charge in [-0.1, -0.05) is 0 Å². The summed E-state index contributed by atoms with van der Waals surface area (Å²) in [5.41, 5.74) is 0.541. The third kappa shape index (κ3) is 3.58. The number of carbonyl (C=O) groups is 2. The molecule has 4 rings (SSSR count). The van der Waals surface area contributed by atoms with Gasteiger partial charge in [0.2, 0.25) is 11.8 Å². The van der Waals surface area contributed by atoms with Crippen LogP contribution in [0.2, 0.25) is 0 Å². The number of carbonyl (C=O) groups excluding carboxylic acids is 2. The predicted octanol–water partition coefficient (Wildman–Crippen LogP) is 2.24. The van der Waals surface area contributed by atoms with Gasteiger partial charge in [0.1, 0.15) is 0 Å². The van der Waals surface area contributed by atoms with Crippen LogP contribution in [0.4, 0.5) is 0 Å². The van der Waals surface area contributed by atoms with E-state index in [0.717, 1.165) is 30.7 Å².